The zero-order valence-electron chi connectivity index (χ0n) is 8.37. The van der Waals surface area contributed by atoms with Crippen molar-refractivity contribution in [2.24, 2.45) is 0 Å². The first kappa shape index (κ1) is 13.9. The van der Waals surface area contributed by atoms with E-state index in [2.05, 4.69) is 4.18 Å². The highest BCUT2D eigenvalue weighted by molar-refractivity contribution is 7.86. The minimum Gasteiger partial charge on any atom is -0.264 e. The average Bonchev–Trinajstić information content (AvgIpc) is 2.25. The van der Waals surface area contributed by atoms with Crippen LogP contribution in [0.15, 0.2) is 29.2 Å². The second kappa shape index (κ2) is 5.01. The van der Waals surface area contributed by atoms with Gasteiger partial charge in [0.05, 0.1) is 12.2 Å². The Morgan fingerprint density at radius 3 is 2.29 bits per heavy atom. The SMILES string of the molecule is O=S(=O)(OCCF)c1ccccc1C(F)(F)F. The van der Waals surface area contributed by atoms with Gasteiger partial charge < -0.3 is 0 Å². The molecular weight excluding hydrogens is 264 g/mol. The highest BCUT2D eigenvalue weighted by atomic mass is 32.2. The maximum absolute atomic E-state index is 12.5. The molecule has 1 aromatic rings. The first-order chi connectivity index (χ1) is 7.79. The maximum atomic E-state index is 12.5. The summed E-state index contributed by atoms with van der Waals surface area (Å²) in [5.41, 5.74) is -1.33. The molecule has 0 spiro atoms. The molecule has 0 bridgehead atoms. The maximum Gasteiger partial charge on any atom is 0.417 e. The van der Waals surface area contributed by atoms with E-state index in [0.29, 0.717) is 6.07 Å². The van der Waals surface area contributed by atoms with Gasteiger partial charge in [0.15, 0.2) is 0 Å². The van der Waals surface area contributed by atoms with Gasteiger partial charge in [-0.1, -0.05) is 12.1 Å². The van der Waals surface area contributed by atoms with Gasteiger partial charge in [-0.2, -0.15) is 21.6 Å². The Bertz CT molecular complexity index is 481. The molecule has 0 heterocycles. The van der Waals surface area contributed by atoms with E-state index in [4.69, 9.17) is 0 Å². The molecule has 0 radical (unpaired) electrons. The Balaban J connectivity index is 3.23. The lowest BCUT2D eigenvalue weighted by atomic mass is 10.2. The van der Waals surface area contributed by atoms with Gasteiger partial charge in [-0.05, 0) is 12.1 Å². The van der Waals surface area contributed by atoms with Crippen molar-refractivity contribution < 1.29 is 30.2 Å². The van der Waals surface area contributed by atoms with Gasteiger partial charge in [-0.15, -0.1) is 0 Å². The van der Waals surface area contributed by atoms with Crippen LogP contribution in [-0.4, -0.2) is 21.7 Å². The summed E-state index contributed by atoms with van der Waals surface area (Å²) in [6.07, 6.45) is -4.82. The molecule has 8 heteroatoms. The summed E-state index contributed by atoms with van der Waals surface area (Å²) in [6, 6.07) is 3.56. The van der Waals surface area contributed by atoms with Crippen molar-refractivity contribution in [1.82, 2.24) is 0 Å². The van der Waals surface area contributed by atoms with Gasteiger partial charge in [-0.25, -0.2) is 4.39 Å². The first-order valence-corrected chi connectivity index (χ1v) is 5.81. The van der Waals surface area contributed by atoms with Crippen LogP contribution in [0.25, 0.3) is 0 Å². The molecule has 0 unspecified atom stereocenters. The van der Waals surface area contributed by atoms with Crippen molar-refractivity contribution in [3.8, 4) is 0 Å². The van der Waals surface area contributed by atoms with Gasteiger partial charge in [0.1, 0.15) is 11.6 Å². The summed E-state index contributed by atoms with van der Waals surface area (Å²) in [6.45, 7) is -1.91. The molecule has 1 aromatic carbocycles. The predicted octanol–water partition coefficient (Wildman–Crippen LogP) is 2.38. The molecular formula is C9H8F4O3S. The fourth-order valence-electron chi connectivity index (χ4n) is 1.12. The van der Waals surface area contributed by atoms with Gasteiger partial charge in [0, 0.05) is 0 Å². The summed E-state index contributed by atoms with van der Waals surface area (Å²) in [7, 11) is -4.60. The molecule has 1 rings (SSSR count). The van der Waals surface area contributed by atoms with Crippen molar-refractivity contribution in [3.63, 3.8) is 0 Å². The van der Waals surface area contributed by atoms with Crippen molar-refractivity contribution >= 4 is 10.1 Å². The Labute approximate surface area is 95.1 Å². The number of hydrogen-bond donors (Lipinski definition) is 0. The van der Waals surface area contributed by atoms with Crippen LogP contribution in [0.1, 0.15) is 5.56 Å². The predicted molar refractivity (Wildman–Crippen MR) is 50.6 cm³/mol. The number of rotatable bonds is 4. The molecule has 0 fully saturated rings. The second-order valence-electron chi connectivity index (χ2n) is 2.96. The Morgan fingerprint density at radius 1 is 1.18 bits per heavy atom. The zero-order valence-corrected chi connectivity index (χ0v) is 9.18. The molecule has 0 atom stereocenters. The molecule has 0 saturated heterocycles. The normalized spacial score (nSPS) is 12.7. The molecule has 0 N–H and O–H groups in total. The molecule has 0 aromatic heterocycles. The molecule has 0 saturated carbocycles. The Hall–Kier alpha value is -1.15. The lowest BCUT2D eigenvalue weighted by molar-refractivity contribution is -0.140. The van der Waals surface area contributed by atoms with Crippen LogP contribution in [0.4, 0.5) is 17.6 Å². The summed E-state index contributed by atoms with van der Waals surface area (Å²) < 4.78 is 76.1. The quantitative estimate of drug-likeness (QED) is 0.624. The minimum absolute atomic E-state index is 0.617. The Morgan fingerprint density at radius 2 is 1.76 bits per heavy atom. The van der Waals surface area contributed by atoms with Gasteiger partial charge in [0.2, 0.25) is 0 Å². The molecule has 17 heavy (non-hydrogen) atoms. The van der Waals surface area contributed by atoms with Gasteiger partial charge in [0.25, 0.3) is 10.1 Å². The van der Waals surface area contributed by atoms with Crippen molar-refractivity contribution in [3.05, 3.63) is 29.8 Å². The number of hydrogen-bond acceptors (Lipinski definition) is 3. The zero-order chi connectivity index (χ0) is 13.1. The highest BCUT2D eigenvalue weighted by Crippen LogP contribution is 2.34. The third-order valence-electron chi connectivity index (χ3n) is 1.78. The summed E-state index contributed by atoms with van der Waals surface area (Å²) in [5, 5.41) is 0. The van der Waals surface area contributed by atoms with Crippen LogP contribution in [-0.2, 0) is 20.5 Å². The van der Waals surface area contributed by atoms with Crippen LogP contribution in [0, 0.1) is 0 Å². The smallest absolute Gasteiger partial charge is 0.264 e. The largest absolute Gasteiger partial charge is 0.417 e. The van der Waals surface area contributed by atoms with Crippen molar-refractivity contribution in [2.45, 2.75) is 11.1 Å². The van der Waals surface area contributed by atoms with E-state index >= 15 is 0 Å². The van der Waals surface area contributed by atoms with E-state index in [1.54, 1.807) is 0 Å². The molecule has 0 amide bonds. The molecule has 3 nitrogen and oxygen atoms in total. The van der Waals surface area contributed by atoms with E-state index in [9.17, 15) is 26.0 Å². The average molecular weight is 272 g/mol. The van der Waals surface area contributed by atoms with Gasteiger partial charge in [-0.3, -0.25) is 4.18 Å². The highest BCUT2D eigenvalue weighted by Gasteiger charge is 2.37. The van der Waals surface area contributed by atoms with Crippen molar-refractivity contribution in [1.29, 1.82) is 0 Å². The topological polar surface area (TPSA) is 43.4 Å². The van der Waals surface area contributed by atoms with Crippen LogP contribution in [0.5, 0.6) is 0 Å². The van der Waals surface area contributed by atoms with Gasteiger partial charge >= 0.3 is 6.18 Å². The number of alkyl halides is 4. The summed E-state index contributed by atoms with van der Waals surface area (Å²) >= 11 is 0. The van der Waals surface area contributed by atoms with E-state index in [-0.39, 0.29) is 0 Å². The fourth-order valence-corrected chi connectivity index (χ4v) is 2.23. The van der Waals surface area contributed by atoms with Crippen LogP contribution in [0.3, 0.4) is 0 Å². The van der Waals surface area contributed by atoms with E-state index in [1.165, 1.54) is 0 Å². The number of benzene rings is 1. The molecule has 0 aliphatic carbocycles. The van der Waals surface area contributed by atoms with E-state index in [1.807, 2.05) is 0 Å². The second-order valence-corrected chi connectivity index (χ2v) is 4.54. The molecule has 0 aliphatic rings. The van der Waals surface area contributed by atoms with Crippen LogP contribution >= 0.6 is 0 Å². The van der Waals surface area contributed by atoms with E-state index in [0.717, 1.165) is 18.2 Å². The summed E-state index contributed by atoms with van der Waals surface area (Å²) in [5.74, 6) is 0. The molecule has 96 valence electrons. The third kappa shape index (κ3) is 3.40. The summed E-state index contributed by atoms with van der Waals surface area (Å²) in [4.78, 5) is -1.01. The monoisotopic (exact) mass is 272 g/mol. The standard InChI is InChI=1S/C9H8F4O3S/c10-5-6-16-17(14,15)8-4-2-1-3-7(8)9(11,12)13/h1-4H,5-6H2. The number of halogens is 4. The molecule has 0 aliphatic heterocycles. The lowest BCUT2D eigenvalue weighted by Crippen LogP contribution is -2.15. The fraction of sp³-hybridized carbons (Fsp3) is 0.333. The third-order valence-corrected chi connectivity index (χ3v) is 3.15. The minimum atomic E-state index is -4.82. The first-order valence-electron chi connectivity index (χ1n) is 4.40. The van der Waals surface area contributed by atoms with Crippen LogP contribution in [0.2, 0.25) is 0 Å². The Kier molecular flexibility index (Phi) is 4.10. The van der Waals surface area contributed by atoms with Crippen molar-refractivity contribution in [2.75, 3.05) is 13.3 Å². The lowest BCUT2D eigenvalue weighted by Gasteiger charge is -2.12. The van der Waals surface area contributed by atoms with Crippen LogP contribution < -0.4 is 0 Å². The van der Waals surface area contributed by atoms with E-state index < -0.39 is 40.0 Å².